The molecule has 1 aliphatic rings. The zero-order valence-electron chi connectivity index (χ0n) is 10.2. The van der Waals surface area contributed by atoms with E-state index < -0.39 is 0 Å². The van der Waals surface area contributed by atoms with Gasteiger partial charge in [-0.1, -0.05) is 6.42 Å². The number of carbonyl (C=O) groups is 1. The van der Waals surface area contributed by atoms with Crippen LogP contribution < -0.4 is 4.90 Å². The molecule has 1 aromatic carbocycles. The van der Waals surface area contributed by atoms with Crippen LogP contribution in [-0.2, 0) is 0 Å². The predicted molar refractivity (Wildman–Crippen MR) is 67.0 cm³/mol. The summed E-state index contributed by atoms with van der Waals surface area (Å²) < 4.78 is 13.8. The first kappa shape index (κ1) is 12.1. The molecule has 0 amide bonds. The third-order valence-corrected chi connectivity index (χ3v) is 3.53. The Balaban J connectivity index is 2.14. The van der Waals surface area contributed by atoms with Crippen LogP contribution in [0, 0.1) is 11.7 Å². The molecule has 0 N–H and O–H groups in total. The molecule has 1 saturated carbocycles. The third-order valence-electron chi connectivity index (χ3n) is 3.53. The maximum absolute atomic E-state index is 13.8. The number of aldehydes is 1. The number of hydrogen-bond donors (Lipinski definition) is 0. The zero-order chi connectivity index (χ0) is 12.3. The Bertz CT molecular complexity index is 401. The lowest BCUT2D eigenvalue weighted by atomic mass is 9.85. The standard InChI is InChI=1S/C14H18FNO/c1-2-16(9-11-4-3-5-11)14-7-6-12(10-17)8-13(14)15/h6-8,10-11H,2-5,9H2,1H3. The van der Waals surface area contributed by atoms with Gasteiger partial charge >= 0.3 is 0 Å². The Morgan fingerprint density at radius 2 is 2.24 bits per heavy atom. The van der Waals surface area contributed by atoms with E-state index in [0.29, 0.717) is 23.5 Å². The van der Waals surface area contributed by atoms with Gasteiger partial charge in [0.15, 0.2) is 0 Å². The fourth-order valence-corrected chi connectivity index (χ4v) is 2.24. The molecule has 0 aromatic heterocycles. The van der Waals surface area contributed by atoms with Crippen molar-refractivity contribution in [2.24, 2.45) is 5.92 Å². The minimum absolute atomic E-state index is 0.296. The molecule has 0 heterocycles. The van der Waals surface area contributed by atoms with Crippen molar-refractivity contribution in [3.05, 3.63) is 29.6 Å². The van der Waals surface area contributed by atoms with Crippen LogP contribution in [0.4, 0.5) is 10.1 Å². The summed E-state index contributed by atoms with van der Waals surface area (Å²) in [7, 11) is 0. The molecule has 0 radical (unpaired) electrons. The average Bonchev–Trinajstić information content (AvgIpc) is 2.29. The van der Waals surface area contributed by atoms with E-state index in [9.17, 15) is 9.18 Å². The normalized spacial score (nSPS) is 15.4. The van der Waals surface area contributed by atoms with Gasteiger partial charge in [-0.25, -0.2) is 4.39 Å². The Morgan fingerprint density at radius 1 is 1.47 bits per heavy atom. The summed E-state index contributed by atoms with van der Waals surface area (Å²) in [6.45, 7) is 3.76. The lowest BCUT2D eigenvalue weighted by molar-refractivity contribution is 0.112. The summed E-state index contributed by atoms with van der Waals surface area (Å²) in [6.07, 6.45) is 4.49. The molecule has 0 atom stereocenters. The molecule has 2 rings (SSSR count). The van der Waals surface area contributed by atoms with Crippen LogP contribution in [0.5, 0.6) is 0 Å². The maximum Gasteiger partial charge on any atom is 0.150 e. The smallest absolute Gasteiger partial charge is 0.150 e. The van der Waals surface area contributed by atoms with Crippen molar-refractivity contribution >= 4 is 12.0 Å². The molecule has 17 heavy (non-hydrogen) atoms. The molecule has 3 heteroatoms. The number of hydrogen-bond acceptors (Lipinski definition) is 2. The monoisotopic (exact) mass is 235 g/mol. The van der Waals surface area contributed by atoms with Crippen LogP contribution >= 0.6 is 0 Å². The van der Waals surface area contributed by atoms with E-state index in [-0.39, 0.29) is 5.82 Å². The fourth-order valence-electron chi connectivity index (χ4n) is 2.24. The molecule has 92 valence electrons. The topological polar surface area (TPSA) is 20.3 Å². The van der Waals surface area contributed by atoms with Gasteiger partial charge in [0.25, 0.3) is 0 Å². The minimum atomic E-state index is -0.296. The number of anilines is 1. The van der Waals surface area contributed by atoms with Crippen molar-refractivity contribution in [3.8, 4) is 0 Å². The lowest BCUT2D eigenvalue weighted by Gasteiger charge is -2.33. The molecular formula is C14H18FNO. The number of carbonyl (C=O) groups excluding carboxylic acids is 1. The highest BCUT2D eigenvalue weighted by Gasteiger charge is 2.21. The summed E-state index contributed by atoms with van der Waals surface area (Å²) in [5, 5.41) is 0. The van der Waals surface area contributed by atoms with E-state index in [1.54, 1.807) is 12.1 Å². The molecule has 0 spiro atoms. The highest BCUT2D eigenvalue weighted by Crippen LogP contribution is 2.29. The summed E-state index contributed by atoms with van der Waals surface area (Å²) in [5.74, 6) is 0.413. The Morgan fingerprint density at radius 3 is 2.71 bits per heavy atom. The Hall–Kier alpha value is -1.38. The third kappa shape index (κ3) is 2.65. The molecule has 1 aliphatic carbocycles. The van der Waals surface area contributed by atoms with E-state index in [4.69, 9.17) is 0 Å². The predicted octanol–water partition coefficient (Wildman–Crippen LogP) is 3.26. The van der Waals surface area contributed by atoms with Crippen LogP contribution in [0.25, 0.3) is 0 Å². The van der Waals surface area contributed by atoms with Gasteiger partial charge in [0, 0.05) is 18.7 Å². The largest absolute Gasteiger partial charge is 0.369 e. The Kier molecular flexibility index (Phi) is 3.77. The van der Waals surface area contributed by atoms with Crippen molar-refractivity contribution in [1.82, 2.24) is 0 Å². The number of halogens is 1. The van der Waals surface area contributed by atoms with Gasteiger partial charge in [-0.3, -0.25) is 4.79 Å². The molecule has 0 unspecified atom stereocenters. The molecule has 0 saturated heterocycles. The number of rotatable bonds is 5. The quantitative estimate of drug-likeness (QED) is 0.730. The van der Waals surface area contributed by atoms with E-state index in [0.717, 1.165) is 13.1 Å². The molecular weight excluding hydrogens is 217 g/mol. The van der Waals surface area contributed by atoms with Gasteiger partial charge < -0.3 is 4.90 Å². The lowest BCUT2D eigenvalue weighted by Crippen LogP contribution is -2.33. The molecule has 1 aromatic rings. The van der Waals surface area contributed by atoms with Gasteiger partial charge in [0.05, 0.1) is 5.69 Å². The summed E-state index contributed by atoms with van der Waals surface area (Å²) in [4.78, 5) is 12.6. The van der Waals surface area contributed by atoms with Crippen molar-refractivity contribution in [1.29, 1.82) is 0 Å². The SMILES string of the molecule is CCN(CC1CCC1)c1ccc(C=O)cc1F. The second-order valence-electron chi connectivity index (χ2n) is 4.66. The van der Waals surface area contributed by atoms with E-state index in [1.807, 2.05) is 6.92 Å². The highest BCUT2D eigenvalue weighted by molar-refractivity contribution is 5.76. The summed E-state index contributed by atoms with van der Waals surface area (Å²) in [6, 6.07) is 4.70. The van der Waals surface area contributed by atoms with Crippen LogP contribution in [0.1, 0.15) is 36.5 Å². The fraction of sp³-hybridized carbons (Fsp3) is 0.500. The maximum atomic E-state index is 13.8. The first-order valence-electron chi connectivity index (χ1n) is 6.24. The molecule has 1 fully saturated rings. The van der Waals surface area contributed by atoms with Crippen LogP contribution in [0.3, 0.4) is 0 Å². The number of benzene rings is 1. The molecule has 2 nitrogen and oxygen atoms in total. The van der Waals surface area contributed by atoms with Crippen molar-refractivity contribution in [2.75, 3.05) is 18.0 Å². The van der Waals surface area contributed by atoms with Crippen molar-refractivity contribution in [3.63, 3.8) is 0 Å². The van der Waals surface area contributed by atoms with Crippen molar-refractivity contribution < 1.29 is 9.18 Å². The molecule has 0 bridgehead atoms. The summed E-state index contributed by atoms with van der Waals surface area (Å²) >= 11 is 0. The first-order chi connectivity index (χ1) is 8.24. The van der Waals surface area contributed by atoms with Gasteiger partial charge in [0.2, 0.25) is 0 Å². The summed E-state index contributed by atoms with van der Waals surface area (Å²) in [5.41, 5.74) is 1.01. The van der Waals surface area contributed by atoms with E-state index >= 15 is 0 Å². The van der Waals surface area contributed by atoms with Crippen molar-refractivity contribution in [2.45, 2.75) is 26.2 Å². The van der Waals surface area contributed by atoms with Crippen LogP contribution in [0.15, 0.2) is 18.2 Å². The van der Waals surface area contributed by atoms with Crippen LogP contribution in [-0.4, -0.2) is 19.4 Å². The highest BCUT2D eigenvalue weighted by atomic mass is 19.1. The second-order valence-corrected chi connectivity index (χ2v) is 4.66. The second kappa shape index (κ2) is 5.30. The van der Waals surface area contributed by atoms with E-state index in [1.165, 1.54) is 25.3 Å². The molecule has 0 aliphatic heterocycles. The van der Waals surface area contributed by atoms with Gasteiger partial charge in [-0.05, 0) is 43.9 Å². The Labute approximate surface area is 101 Å². The van der Waals surface area contributed by atoms with Gasteiger partial charge in [-0.2, -0.15) is 0 Å². The average molecular weight is 235 g/mol. The van der Waals surface area contributed by atoms with Crippen LogP contribution in [0.2, 0.25) is 0 Å². The zero-order valence-corrected chi connectivity index (χ0v) is 10.2. The first-order valence-corrected chi connectivity index (χ1v) is 6.24. The van der Waals surface area contributed by atoms with E-state index in [2.05, 4.69) is 4.90 Å². The minimum Gasteiger partial charge on any atom is -0.369 e. The number of nitrogens with zero attached hydrogens (tertiary/aromatic N) is 1. The van der Waals surface area contributed by atoms with Gasteiger partial charge in [0.1, 0.15) is 12.1 Å². The van der Waals surface area contributed by atoms with Gasteiger partial charge in [-0.15, -0.1) is 0 Å².